The summed E-state index contributed by atoms with van der Waals surface area (Å²) in [4.78, 5) is 11.6. The van der Waals surface area contributed by atoms with Crippen molar-refractivity contribution in [2.24, 2.45) is 0 Å². The minimum Gasteiger partial charge on any atom is -0.465 e. The van der Waals surface area contributed by atoms with E-state index in [1.165, 1.54) is 31.4 Å². The van der Waals surface area contributed by atoms with E-state index in [2.05, 4.69) is 9.46 Å². The van der Waals surface area contributed by atoms with E-state index in [0.29, 0.717) is 16.7 Å². The van der Waals surface area contributed by atoms with E-state index in [1.807, 2.05) is 0 Å². The quantitative estimate of drug-likeness (QED) is 0.699. The van der Waals surface area contributed by atoms with Crippen LogP contribution in [0.1, 0.15) is 34.5 Å². The van der Waals surface area contributed by atoms with Gasteiger partial charge in [-0.15, -0.1) is 0 Å². The Morgan fingerprint density at radius 2 is 1.56 bits per heavy atom. The van der Waals surface area contributed by atoms with E-state index in [1.54, 1.807) is 31.2 Å². The number of carbonyl (C=O) groups is 1. The van der Waals surface area contributed by atoms with Crippen LogP contribution in [0.5, 0.6) is 0 Å². The number of carbonyl (C=O) groups excluding carboxylic acids is 1. The van der Waals surface area contributed by atoms with E-state index in [0.717, 1.165) is 6.26 Å². The topological polar surface area (TPSA) is 107 Å². The lowest BCUT2D eigenvalue weighted by Gasteiger charge is -2.15. The molecule has 0 bridgehead atoms. The molecule has 0 aromatic heterocycles. The van der Waals surface area contributed by atoms with Gasteiger partial charge in [-0.3, -0.25) is 0 Å². The average molecular weight is 412 g/mol. The van der Waals surface area contributed by atoms with Crippen LogP contribution in [0.15, 0.2) is 53.4 Å². The number of nitrogens with one attached hydrogen (secondary N) is 1. The normalized spacial score (nSPS) is 13.1. The van der Waals surface area contributed by atoms with Crippen LogP contribution >= 0.6 is 0 Å². The highest BCUT2D eigenvalue weighted by Gasteiger charge is 2.18. The summed E-state index contributed by atoms with van der Waals surface area (Å²) < 4.78 is 54.9. The van der Waals surface area contributed by atoms with Crippen LogP contribution in [0.25, 0.3) is 0 Å². The second-order valence-corrected chi connectivity index (χ2v) is 9.90. The Hall–Kier alpha value is -2.23. The van der Waals surface area contributed by atoms with Crippen molar-refractivity contribution in [2.75, 3.05) is 13.4 Å². The molecule has 2 rings (SSSR count). The van der Waals surface area contributed by atoms with Crippen LogP contribution in [0.3, 0.4) is 0 Å². The minimum absolute atomic E-state index is 0.173. The first-order chi connectivity index (χ1) is 12.5. The van der Waals surface area contributed by atoms with Crippen LogP contribution in [-0.2, 0) is 30.4 Å². The number of ether oxygens (including phenoxy) is 1. The number of sulfonamides is 1. The predicted molar refractivity (Wildman–Crippen MR) is 102 cm³/mol. The van der Waals surface area contributed by atoms with Crippen molar-refractivity contribution in [1.29, 1.82) is 0 Å². The third-order valence-corrected chi connectivity index (χ3v) is 6.45. The first kappa shape index (κ1) is 21.1. The number of rotatable bonds is 7. The highest BCUT2D eigenvalue weighted by atomic mass is 32.2. The van der Waals surface area contributed by atoms with Gasteiger partial charge in [0.05, 0.1) is 23.3 Å². The maximum Gasteiger partial charge on any atom is 0.337 e. The largest absolute Gasteiger partial charge is 0.465 e. The fraction of sp³-hybridized carbons (Fsp3) is 0.278. The molecule has 9 heteroatoms. The summed E-state index contributed by atoms with van der Waals surface area (Å²) in [5, 5.41) is 0. The summed E-state index contributed by atoms with van der Waals surface area (Å²) in [7, 11) is -5.68. The molecule has 0 aliphatic carbocycles. The smallest absolute Gasteiger partial charge is 0.337 e. The van der Waals surface area contributed by atoms with Gasteiger partial charge in [-0.2, -0.15) is 0 Å². The van der Waals surface area contributed by atoms with E-state index >= 15 is 0 Å². The molecular weight excluding hydrogens is 390 g/mol. The first-order valence-electron chi connectivity index (χ1n) is 7.99. The van der Waals surface area contributed by atoms with Gasteiger partial charge in [-0.25, -0.2) is 26.4 Å². The van der Waals surface area contributed by atoms with Gasteiger partial charge in [0.15, 0.2) is 9.84 Å². The zero-order valence-corrected chi connectivity index (χ0v) is 16.8. The Morgan fingerprint density at radius 1 is 1.00 bits per heavy atom. The number of hydrogen-bond donors (Lipinski definition) is 1. The van der Waals surface area contributed by atoms with E-state index in [9.17, 15) is 21.6 Å². The molecule has 146 valence electrons. The molecule has 7 nitrogen and oxygen atoms in total. The Balaban J connectivity index is 2.08. The molecule has 0 fully saturated rings. The summed E-state index contributed by atoms with van der Waals surface area (Å²) in [6.07, 6.45) is 1.11. The zero-order valence-electron chi connectivity index (χ0n) is 15.2. The van der Waals surface area contributed by atoms with Crippen LogP contribution in [0, 0.1) is 0 Å². The number of sulfone groups is 1. The van der Waals surface area contributed by atoms with Crippen molar-refractivity contribution in [1.82, 2.24) is 4.72 Å². The third kappa shape index (κ3) is 5.88. The fourth-order valence-corrected chi connectivity index (χ4v) is 4.48. The van der Waals surface area contributed by atoms with Crippen molar-refractivity contribution in [3.63, 3.8) is 0 Å². The first-order valence-corrected chi connectivity index (χ1v) is 11.5. The highest BCUT2D eigenvalue weighted by molar-refractivity contribution is 7.90. The van der Waals surface area contributed by atoms with Crippen molar-refractivity contribution < 1.29 is 26.4 Å². The second kappa shape index (κ2) is 8.20. The molecule has 0 amide bonds. The van der Waals surface area contributed by atoms with Crippen molar-refractivity contribution in [3.05, 3.63) is 65.2 Å². The Labute approximate surface area is 159 Å². The van der Waals surface area contributed by atoms with Gasteiger partial charge >= 0.3 is 5.97 Å². The molecule has 0 aliphatic heterocycles. The molecule has 1 atom stereocenters. The average Bonchev–Trinajstić information content (AvgIpc) is 2.60. The molecule has 0 radical (unpaired) electrons. The fourth-order valence-electron chi connectivity index (χ4n) is 2.46. The number of benzene rings is 2. The van der Waals surface area contributed by atoms with Gasteiger partial charge in [-0.05, 0) is 42.3 Å². The maximum atomic E-state index is 12.4. The SMILES string of the molecule is COC(=O)c1ccc(CS(=O)(=O)NC(C)c2ccc(S(C)(=O)=O)cc2)cc1. The summed E-state index contributed by atoms with van der Waals surface area (Å²) in [6.45, 7) is 1.67. The lowest BCUT2D eigenvalue weighted by Crippen LogP contribution is -2.28. The molecule has 2 aromatic carbocycles. The van der Waals surface area contributed by atoms with Crippen LogP contribution in [0.4, 0.5) is 0 Å². The zero-order chi connectivity index (χ0) is 20.2. The molecule has 0 aliphatic rings. The molecular formula is C18H21NO6S2. The van der Waals surface area contributed by atoms with Crippen LogP contribution < -0.4 is 4.72 Å². The minimum atomic E-state index is -3.64. The molecule has 0 heterocycles. The standard InChI is InChI=1S/C18H21NO6S2/c1-13(15-8-10-17(11-9-15)26(3,21)22)19-27(23,24)12-14-4-6-16(7-5-14)18(20)25-2/h4-11,13,19H,12H2,1-3H3. The lowest BCUT2D eigenvalue weighted by molar-refractivity contribution is 0.0600. The van der Waals surface area contributed by atoms with Gasteiger partial charge < -0.3 is 4.74 Å². The van der Waals surface area contributed by atoms with Gasteiger partial charge in [0, 0.05) is 12.3 Å². The van der Waals surface area contributed by atoms with Crippen LogP contribution in [0.2, 0.25) is 0 Å². The molecule has 0 spiro atoms. The maximum absolute atomic E-state index is 12.4. The third-order valence-electron chi connectivity index (χ3n) is 3.90. The van der Waals surface area contributed by atoms with Crippen molar-refractivity contribution in [2.45, 2.75) is 23.6 Å². The van der Waals surface area contributed by atoms with Gasteiger partial charge in [0.25, 0.3) is 0 Å². The number of hydrogen-bond acceptors (Lipinski definition) is 6. The number of methoxy groups -OCH3 is 1. The van der Waals surface area contributed by atoms with Gasteiger partial charge in [-0.1, -0.05) is 24.3 Å². The Bertz CT molecular complexity index is 1010. The molecule has 1 N–H and O–H groups in total. The molecule has 0 saturated carbocycles. The summed E-state index contributed by atoms with van der Waals surface area (Å²) in [5.74, 6) is -0.742. The highest BCUT2D eigenvalue weighted by Crippen LogP contribution is 2.18. The predicted octanol–water partition coefficient (Wildman–Crippen LogP) is 2.06. The second-order valence-electron chi connectivity index (χ2n) is 6.13. The Kier molecular flexibility index (Phi) is 6.40. The number of esters is 1. The molecule has 1 unspecified atom stereocenters. The summed E-state index contributed by atoms with van der Waals surface area (Å²) >= 11 is 0. The van der Waals surface area contributed by atoms with Crippen molar-refractivity contribution in [3.8, 4) is 0 Å². The van der Waals surface area contributed by atoms with E-state index in [4.69, 9.17) is 0 Å². The lowest BCUT2D eigenvalue weighted by atomic mass is 10.1. The van der Waals surface area contributed by atoms with Gasteiger partial charge in [0.1, 0.15) is 0 Å². The van der Waals surface area contributed by atoms with E-state index < -0.39 is 31.9 Å². The van der Waals surface area contributed by atoms with E-state index in [-0.39, 0.29) is 10.6 Å². The summed E-state index contributed by atoms with van der Waals surface area (Å²) in [5.41, 5.74) is 1.51. The Morgan fingerprint density at radius 3 is 2.04 bits per heavy atom. The summed E-state index contributed by atoms with van der Waals surface area (Å²) in [6, 6.07) is 11.6. The van der Waals surface area contributed by atoms with Crippen molar-refractivity contribution >= 4 is 25.8 Å². The molecule has 0 saturated heterocycles. The van der Waals surface area contributed by atoms with Gasteiger partial charge in [0.2, 0.25) is 10.0 Å². The monoisotopic (exact) mass is 411 g/mol. The molecule has 27 heavy (non-hydrogen) atoms. The molecule has 2 aromatic rings. The van der Waals surface area contributed by atoms with Crippen LogP contribution in [-0.4, -0.2) is 36.2 Å².